The molecule has 2 N–H and O–H groups in total. The highest BCUT2D eigenvalue weighted by Gasteiger charge is 1.99. The van der Waals surface area contributed by atoms with E-state index in [4.69, 9.17) is 5.21 Å². The van der Waals surface area contributed by atoms with Crippen molar-refractivity contribution in [3.05, 3.63) is 54.1 Å². The highest BCUT2D eigenvalue weighted by Crippen LogP contribution is 2.24. The monoisotopic (exact) mass is 199 g/mol. The molecule has 2 aromatic rings. The predicted octanol–water partition coefficient (Wildman–Crippen LogP) is 3.46. The Bertz CT molecular complexity index is 448. The molecule has 2 heteroatoms. The smallest absolute Gasteiger partial charge is 0.0602 e. The maximum Gasteiger partial charge on any atom is 0.0602 e. The molecule has 0 aliphatic carbocycles. The molecule has 0 heterocycles. The highest BCUT2D eigenvalue weighted by atomic mass is 16.5. The average molecular weight is 199 g/mol. The molecular formula is C13H13NO. The van der Waals surface area contributed by atoms with Crippen LogP contribution in [0.25, 0.3) is 11.1 Å². The normalized spacial score (nSPS) is 10.0. The third kappa shape index (κ3) is 2.00. The number of rotatable bonds is 2. The molecular weight excluding hydrogens is 186 g/mol. The summed E-state index contributed by atoms with van der Waals surface area (Å²) < 4.78 is 0. The summed E-state index contributed by atoms with van der Waals surface area (Å²) in [6.45, 7) is 2.09. The highest BCUT2D eigenvalue weighted by molar-refractivity contribution is 5.68. The Morgan fingerprint density at radius 2 is 1.60 bits per heavy atom. The van der Waals surface area contributed by atoms with Gasteiger partial charge in [0.05, 0.1) is 5.69 Å². The Labute approximate surface area is 89.2 Å². The van der Waals surface area contributed by atoms with Crippen LogP contribution in [0, 0.1) is 6.92 Å². The van der Waals surface area contributed by atoms with Crippen LogP contribution in [0.1, 0.15) is 5.56 Å². The molecule has 0 spiro atoms. The van der Waals surface area contributed by atoms with E-state index in [1.807, 2.05) is 36.4 Å². The fourth-order valence-corrected chi connectivity index (χ4v) is 1.62. The van der Waals surface area contributed by atoms with Gasteiger partial charge >= 0.3 is 0 Å². The topological polar surface area (TPSA) is 32.3 Å². The fourth-order valence-electron chi connectivity index (χ4n) is 1.62. The quantitative estimate of drug-likeness (QED) is 0.726. The van der Waals surface area contributed by atoms with Crippen molar-refractivity contribution in [3.63, 3.8) is 0 Å². The van der Waals surface area contributed by atoms with Gasteiger partial charge in [0, 0.05) is 0 Å². The SMILES string of the molecule is Cc1ccccc1-c1ccc(NO)cc1. The minimum Gasteiger partial charge on any atom is -0.291 e. The zero-order valence-corrected chi connectivity index (χ0v) is 8.57. The first-order valence-electron chi connectivity index (χ1n) is 4.87. The van der Waals surface area contributed by atoms with E-state index in [-0.39, 0.29) is 0 Å². The summed E-state index contributed by atoms with van der Waals surface area (Å²) in [5, 5.41) is 8.70. The minimum atomic E-state index is 0.701. The van der Waals surface area contributed by atoms with Crippen molar-refractivity contribution in [2.45, 2.75) is 6.92 Å². The van der Waals surface area contributed by atoms with Crippen molar-refractivity contribution >= 4 is 5.69 Å². The first kappa shape index (κ1) is 9.74. The van der Waals surface area contributed by atoms with Crippen LogP contribution in [-0.2, 0) is 0 Å². The van der Waals surface area contributed by atoms with Crippen molar-refractivity contribution in [2.75, 3.05) is 5.48 Å². The average Bonchev–Trinajstić information content (AvgIpc) is 2.30. The second-order valence-electron chi connectivity index (χ2n) is 3.50. The van der Waals surface area contributed by atoms with Gasteiger partial charge in [-0.05, 0) is 35.7 Å². The fraction of sp³-hybridized carbons (Fsp3) is 0.0769. The number of hydrogen-bond acceptors (Lipinski definition) is 2. The van der Waals surface area contributed by atoms with E-state index < -0.39 is 0 Å². The summed E-state index contributed by atoms with van der Waals surface area (Å²) in [6.07, 6.45) is 0. The van der Waals surface area contributed by atoms with Gasteiger partial charge in [-0.3, -0.25) is 10.7 Å². The summed E-state index contributed by atoms with van der Waals surface area (Å²) in [7, 11) is 0. The number of anilines is 1. The lowest BCUT2D eigenvalue weighted by Crippen LogP contribution is -1.88. The first-order chi connectivity index (χ1) is 7.31. The van der Waals surface area contributed by atoms with Crippen LogP contribution in [0.15, 0.2) is 48.5 Å². The van der Waals surface area contributed by atoms with E-state index in [1.165, 1.54) is 11.1 Å². The van der Waals surface area contributed by atoms with Crippen molar-refractivity contribution < 1.29 is 5.21 Å². The van der Waals surface area contributed by atoms with Crippen LogP contribution in [0.4, 0.5) is 5.69 Å². The molecule has 0 saturated heterocycles. The number of nitrogens with one attached hydrogen (secondary N) is 1. The van der Waals surface area contributed by atoms with Crippen molar-refractivity contribution in [1.82, 2.24) is 0 Å². The molecule has 0 radical (unpaired) electrons. The van der Waals surface area contributed by atoms with Crippen molar-refractivity contribution in [3.8, 4) is 11.1 Å². The van der Waals surface area contributed by atoms with Gasteiger partial charge in [-0.15, -0.1) is 0 Å². The van der Waals surface area contributed by atoms with E-state index in [9.17, 15) is 0 Å². The van der Waals surface area contributed by atoms with E-state index >= 15 is 0 Å². The van der Waals surface area contributed by atoms with Gasteiger partial charge in [0.1, 0.15) is 0 Å². The van der Waals surface area contributed by atoms with Crippen LogP contribution in [0.3, 0.4) is 0 Å². The molecule has 0 aliphatic heterocycles. The second kappa shape index (κ2) is 4.15. The summed E-state index contributed by atoms with van der Waals surface area (Å²) in [6, 6.07) is 15.9. The lowest BCUT2D eigenvalue weighted by Gasteiger charge is -2.06. The lowest BCUT2D eigenvalue weighted by molar-refractivity contribution is 0.389. The molecule has 0 unspecified atom stereocenters. The number of benzene rings is 2. The molecule has 0 aromatic heterocycles. The minimum absolute atomic E-state index is 0.701. The Hall–Kier alpha value is -1.80. The van der Waals surface area contributed by atoms with Gasteiger partial charge in [-0.1, -0.05) is 36.4 Å². The van der Waals surface area contributed by atoms with E-state index in [2.05, 4.69) is 24.5 Å². The van der Waals surface area contributed by atoms with Gasteiger partial charge in [-0.2, -0.15) is 0 Å². The zero-order chi connectivity index (χ0) is 10.7. The molecule has 2 rings (SSSR count). The molecule has 0 saturated carbocycles. The molecule has 15 heavy (non-hydrogen) atoms. The predicted molar refractivity (Wildman–Crippen MR) is 62.0 cm³/mol. The Kier molecular flexibility index (Phi) is 2.70. The summed E-state index contributed by atoms with van der Waals surface area (Å²) in [4.78, 5) is 0. The van der Waals surface area contributed by atoms with Crippen LogP contribution >= 0.6 is 0 Å². The van der Waals surface area contributed by atoms with Gasteiger partial charge in [0.2, 0.25) is 0 Å². The van der Waals surface area contributed by atoms with Crippen LogP contribution < -0.4 is 5.48 Å². The van der Waals surface area contributed by atoms with E-state index in [0.29, 0.717) is 5.69 Å². The maximum absolute atomic E-state index is 8.70. The van der Waals surface area contributed by atoms with Gasteiger partial charge in [0.15, 0.2) is 0 Å². The zero-order valence-electron chi connectivity index (χ0n) is 8.57. The maximum atomic E-state index is 8.70. The molecule has 0 bridgehead atoms. The third-order valence-electron chi connectivity index (χ3n) is 2.47. The van der Waals surface area contributed by atoms with Crippen LogP contribution in [0.5, 0.6) is 0 Å². The standard InChI is InChI=1S/C13H13NO/c1-10-4-2-3-5-13(10)11-6-8-12(14-15)9-7-11/h2-9,14-15H,1H3. The molecule has 0 atom stereocenters. The molecule has 0 amide bonds. The molecule has 0 aliphatic rings. The lowest BCUT2D eigenvalue weighted by atomic mass is 10.0. The van der Waals surface area contributed by atoms with Gasteiger partial charge in [0.25, 0.3) is 0 Å². The second-order valence-corrected chi connectivity index (χ2v) is 3.50. The Balaban J connectivity index is 2.42. The van der Waals surface area contributed by atoms with Crippen LogP contribution in [0.2, 0.25) is 0 Å². The van der Waals surface area contributed by atoms with Crippen LogP contribution in [-0.4, -0.2) is 5.21 Å². The first-order valence-corrected chi connectivity index (χ1v) is 4.87. The van der Waals surface area contributed by atoms with Gasteiger partial charge < -0.3 is 0 Å². The Morgan fingerprint density at radius 1 is 0.933 bits per heavy atom. The van der Waals surface area contributed by atoms with Gasteiger partial charge in [-0.25, -0.2) is 0 Å². The number of aryl methyl sites for hydroxylation is 1. The summed E-state index contributed by atoms with van der Waals surface area (Å²) in [5.74, 6) is 0. The third-order valence-corrected chi connectivity index (χ3v) is 2.47. The molecule has 2 nitrogen and oxygen atoms in total. The summed E-state index contributed by atoms with van der Waals surface area (Å²) in [5.41, 5.74) is 6.46. The Morgan fingerprint density at radius 3 is 2.20 bits per heavy atom. The van der Waals surface area contributed by atoms with E-state index in [1.54, 1.807) is 0 Å². The van der Waals surface area contributed by atoms with E-state index in [0.717, 1.165) is 5.56 Å². The molecule has 2 aromatic carbocycles. The molecule has 76 valence electrons. The molecule has 0 fully saturated rings. The summed E-state index contributed by atoms with van der Waals surface area (Å²) >= 11 is 0. The largest absolute Gasteiger partial charge is 0.291 e. The van der Waals surface area contributed by atoms with Crippen molar-refractivity contribution in [1.29, 1.82) is 0 Å². The number of hydrogen-bond donors (Lipinski definition) is 2. The van der Waals surface area contributed by atoms with Crippen molar-refractivity contribution in [2.24, 2.45) is 0 Å².